The average Bonchev–Trinajstić information content (AvgIpc) is 3.39. The van der Waals surface area contributed by atoms with Crippen molar-refractivity contribution in [2.75, 3.05) is 39.6 Å². The number of phosphoric ester groups is 2. The first kappa shape index (κ1) is 95.1. The van der Waals surface area contributed by atoms with E-state index in [0.29, 0.717) is 25.7 Å². The Bertz CT molecular complexity index is 1890. The largest absolute Gasteiger partial charge is 0.472 e. The van der Waals surface area contributed by atoms with Gasteiger partial charge in [-0.2, -0.15) is 0 Å². The fourth-order valence-corrected chi connectivity index (χ4v) is 13.5. The van der Waals surface area contributed by atoms with E-state index in [4.69, 9.17) is 37.0 Å². The van der Waals surface area contributed by atoms with Crippen LogP contribution in [-0.2, 0) is 65.4 Å². The number of aliphatic hydroxyl groups is 1. The third-order valence-electron chi connectivity index (χ3n) is 18.9. The summed E-state index contributed by atoms with van der Waals surface area (Å²) in [6, 6.07) is 0. The molecule has 0 aliphatic carbocycles. The van der Waals surface area contributed by atoms with E-state index in [9.17, 15) is 43.2 Å². The molecule has 97 heavy (non-hydrogen) atoms. The van der Waals surface area contributed by atoms with Crippen LogP contribution in [-0.4, -0.2) is 96.7 Å². The monoisotopic (exact) mass is 1420 g/mol. The topological polar surface area (TPSA) is 237 Å². The molecule has 0 rings (SSSR count). The van der Waals surface area contributed by atoms with Crippen molar-refractivity contribution in [2.24, 2.45) is 17.8 Å². The summed E-state index contributed by atoms with van der Waals surface area (Å²) in [4.78, 5) is 72.8. The maximum absolute atomic E-state index is 13.1. The zero-order chi connectivity index (χ0) is 71.6. The van der Waals surface area contributed by atoms with Crippen molar-refractivity contribution in [3.05, 3.63) is 0 Å². The van der Waals surface area contributed by atoms with Crippen LogP contribution in [0.2, 0.25) is 0 Å². The second-order valence-electron chi connectivity index (χ2n) is 29.1. The molecule has 576 valence electrons. The third kappa shape index (κ3) is 69.5. The molecule has 0 aliphatic rings. The van der Waals surface area contributed by atoms with Gasteiger partial charge in [-0.15, -0.1) is 0 Å². The van der Waals surface area contributed by atoms with Crippen molar-refractivity contribution >= 4 is 39.5 Å². The average molecular weight is 1420 g/mol. The molecule has 0 radical (unpaired) electrons. The Hall–Kier alpha value is -1.94. The Morgan fingerprint density at radius 2 is 0.526 bits per heavy atom. The number of hydrogen-bond acceptors (Lipinski definition) is 15. The van der Waals surface area contributed by atoms with E-state index in [2.05, 4.69) is 48.5 Å². The van der Waals surface area contributed by atoms with E-state index in [0.717, 1.165) is 114 Å². The molecule has 0 saturated heterocycles. The molecule has 0 bridgehead atoms. The summed E-state index contributed by atoms with van der Waals surface area (Å²) >= 11 is 0. The quantitative estimate of drug-likeness (QED) is 0.0222. The third-order valence-corrected chi connectivity index (χ3v) is 20.8. The summed E-state index contributed by atoms with van der Waals surface area (Å²) in [5, 5.41) is 10.6. The standard InChI is InChI=1S/C78H152O17P2/c1-8-11-12-13-14-15-16-26-33-38-47-54-61-77(82)95-74(66-89-76(81)60-53-46-41-40-44-51-58-71(7)10-3)68-93-97(86,87)91-64-72(79)63-90-96(84,85)92-67-73(65-88-75(80)59-52-45-37-32-29-28-30-35-42-49-56-69(4)5)94-78(83)62-55-48-39-34-27-24-22-20-18-17-19-21-23-25-31-36-43-50-57-70(6)9-2/h69-74,79H,8-68H2,1-7H3,(H,84,85)(H,86,87)/t70?,71?,72-,73-,74-/m1/s1. The van der Waals surface area contributed by atoms with Crippen molar-refractivity contribution in [3.63, 3.8) is 0 Å². The predicted molar refractivity (Wildman–Crippen MR) is 395 cm³/mol. The highest BCUT2D eigenvalue weighted by atomic mass is 31.2. The fourth-order valence-electron chi connectivity index (χ4n) is 11.9. The van der Waals surface area contributed by atoms with Crippen LogP contribution < -0.4 is 0 Å². The minimum absolute atomic E-state index is 0.106. The van der Waals surface area contributed by atoms with E-state index in [-0.39, 0.29) is 25.7 Å². The van der Waals surface area contributed by atoms with Gasteiger partial charge in [0.1, 0.15) is 19.3 Å². The lowest BCUT2D eigenvalue weighted by molar-refractivity contribution is -0.161. The molecule has 4 unspecified atom stereocenters. The zero-order valence-electron chi connectivity index (χ0n) is 63.5. The van der Waals surface area contributed by atoms with E-state index in [1.165, 1.54) is 205 Å². The van der Waals surface area contributed by atoms with Crippen LogP contribution in [0.3, 0.4) is 0 Å². The number of carbonyl (C=O) groups excluding carboxylic acids is 4. The normalized spacial score (nSPS) is 14.6. The summed E-state index contributed by atoms with van der Waals surface area (Å²) in [6.07, 6.45) is 55.5. The highest BCUT2D eigenvalue weighted by Gasteiger charge is 2.30. The van der Waals surface area contributed by atoms with Gasteiger partial charge in [0.05, 0.1) is 26.4 Å². The first-order chi connectivity index (χ1) is 46.8. The molecule has 0 fully saturated rings. The molecule has 19 heteroatoms. The molecule has 0 aliphatic heterocycles. The molecule has 17 nitrogen and oxygen atoms in total. The highest BCUT2D eigenvalue weighted by molar-refractivity contribution is 7.47. The summed E-state index contributed by atoms with van der Waals surface area (Å²) < 4.78 is 68.6. The lowest BCUT2D eigenvalue weighted by Gasteiger charge is -2.21. The lowest BCUT2D eigenvalue weighted by Crippen LogP contribution is -2.30. The second-order valence-corrected chi connectivity index (χ2v) is 32.0. The van der Waals surface area contributed by atoms with E-state index in [1.807, 2.05) is 0 Å². The Kier molecular flexibility index (Phi) is 67.1. The number of hydrogen-bond donors (Lipinski definition) is 3. The van der Waals surface area contributed by atoms with Crippen molar-refractivity contribution in [1.29, 1.82) is 0 Å². The van der Waals surface area contributed by atoms with Crippen LogP contribution in [0.1, 0.15) is 402 Å². The van der Waals surface area contributed by atoms with Crippen LogP contribution in [0.15, 0.2) is 0 Å². The van der Waals surface area contributed by atoms with E-state index in [1.54, 1.807) is 0 Å². The molecular weight excluding hydrogens is 1270 g/mol. The van der Waals surface area contributed by atoms with Crippen molar-refractivity contribution in [2.45, 2.75) is 420 Å². The molecule has 0 saturated carbocycles. The van der Waals surface area contributed by atoms with Gasteiger partial charge in [-0.05, 0) is 43.4 Å². The first-order valence-electron chi connectivity index (χ1n) is 40.4. The van der Waals surface area contributed by atoms with Gasteiger partial charge in [0, 0.05) is 25.7 Å². The molecule has 0 heterocycles. The van der Waals surface area contributed by atoms with E-state index >= 15 is 0 Å². The molecule has 3 N–H and O–H groups in total. The van der Waals surface area contributed by atoms with Crippen molar-refractivity contribution in [1.82, 2.24) is 0 Å². The lowest BCUT2D eigenvalue weighted by atomic mass is 9.99. The van der Waals surface area contributed by atoms with Crippen molar-refractivity contribution in [3.8, 4) is 0 Å². The molecule has 0 aromatic carbocycles. The Morgan fingerprint density at radius 1 is 0.299 bits per heavy atom. The number of esters is 4. The molecule has 0 aromatic heterocycles. The van der Waals surface area contributed by atoms with Crippen LogP contribution >= 0.6 is 15.6 Å². The summed E-state index contributed by atoms with van der Waals surface area (Å²) in [5.41, 5.74) is 0. The predicted octanol–water partition coefficient (Wildman–Crippen LogP) is 23.0. The minimum Gasteiger partial charge on any atom is -0.462 e. The van der Waals surface area contributed by atoms with Crippen LogP contribution in [0.4, 0.5) is 0 Å². The van der Waals surface area contributed by atoms with Crippen LogP contribution in [0, 0.1) is 17.8 Å². The number of unbranched alkanes of at least 4 members (excludes halogenated alkanes) is 42. The Labute approximate surface area is 594 Å². The smallest absolute Gasteiger partial charge is 0.462 e. The maximum atomic E-state index is 13.1. The van der Waals surface area contributed by atoms with Crippen LogP contribution in [0.5, 0.6) is 0 Å². The van der Waals surface area contributed by atoms with Gasteiger partial charge in [0.25, 0.3) is 0 Å². The van der Waals surface area contributed by atoms with Crippen molar-refractivity contribution < 1.29 is 80.2 Å². The van der Waals surface area contributed by atoms with Gasteiger partial charge in [-0.1, -0.05) is 350 Å². The Balaban J connectivity index is 5.20. The highest BCUT2D eigenvalue weighted by Crippen LogP contribution is 2.45. The minimum atomic E-state index is -4.96. The summed E-state index contributed by atoms with van der Waals surface area (Å²) in [5.74, 6) is 0.244. The van der Waals surface area contributed by atoms with Crippen LogP contribution in [0.25, 0.3) is 0 Å². The number of rotatable bonds is 76. The first-order valence-corrected chi connectivity index (χ1v) is 43.4. The molecule has 0 aromatic rings. The van der Waals surface area contributed by atoms with Gasteiger partial charge in [0.15, 0.2) is 12.2 Å². The van der Waals surface area contributed by atoms with Gasteiger partial charge < -0.3 is 33.8 Å². The Morgan fingerprint density at radius 3 is 0.784 bits per heavy atom. The van der Waals surface area contributed by atoms with Gasteiger partial charge in [0.2, 0.25) is 0 Å². The number of ether oxygens (including phenoxy) is 4. The number of phosphoric acid groups is 2. The SMILES string of the molecule is CCCCCCCCCCCCCCC(=O)O[C@H](COC(=O)CCCCCCCCC(C)CC)COP(=O)(O)OC[C@H](O)COP(=O)(O)OC[C@@H](COC(=O)CCCCCCCCCCCCC(C)C)OC(=O)CCCCCCCCCCCCCCCCCCCCC(C)CC. The molecular formula is C78H152O17P2. The number of aliphatic hydroxyl groups excluding tert-OH is 1. The maximum Gasteiger partial charge on any atom is 0.472 e. The van der Waals surface area contributed by atoms with Gasteiger partial charge >= 0.3 is 39.5 Å². The molecule has 0 spiro atoms. The summed E-state index contributed by atoms with van der Waals surface area (Å²) in [6.45, 7) is 11.9. The molecule has 7 atom stereocenters. The van der Waals surface area contributed by atoms with Gasteiger partial charge in [-0.25, -0.2) is 9.13 Å². The number of carbonyl (C=O) groups is 4. The fraction of sp³-hybridized carbons (Fsp3) is 0.949. The molecule has 0 amide bonds. The summed E-state index contributed by atoms with van der Waals surface area (Å²) in [7, 11) is -9.91. The van der Waals surface area contributed by atoms with E-state index < -0.39 is 97.5 Å². The van der Waals surface area contributed by atoms with Gasteiger partial charge in [-0.3, -0.25) is 37.3 Å². The second kappa shape index (κ2) is 68.5. The zero-order valence-corrected chi connectivity index (χ0v) is 65.3.